The van der Waals surface area contributed by atoms with Crippen LogP contribution in [-0.4, -0.2) is 39.3 Å². The number of methoxy groups -OCH3 is 1. The number of hydrogen-bond donors (Lipinski definition) is 2. The van der Waals surface area contributed by atoms with Crippen LogP contribution in [0.4, 0.5) is 0 Å². The maximum Gasteiger partial charge on any atom is 0.228 e. The Labute approximate surface area is 164 Å². The largest absolute Gasteiger partial charge is 0.384 e. The normalized spacial score (nSPS) is 21.3. The Kier molecular flexibility index (Phi) is 5.97. The number of carbonyl (C=O) groups is 1. The van der Waals surface area contributed by atoms with Crippen molar-refractivity contribution in [3.63, 3.8) is 0 Å². The van der Waals surface area contributed by atoms with Gasteiger partial charge in [0.05, 0.1) is 12.0 Å². The Hall–Kier alpha value is -1.39. The summed E-state index contributed by atoms with van der Waals surface area (Å²) >= 11 is 0. The first-order valence-electron chi connectivity index (χ1n) is 10.4. The molecule has 2 N–H and O–H groups in total. The van der Waals surface area contributed by atoms with Gasteiger partial charge < -0.3 is 15.4 Å². The van der Waals surface area contributed by atoms with Gasteiger partial charge in [-0.05, 0) is 55.3 Å². The fraction of sp³-hybridized carbons (Fsp3) is 0.696. The number of piperidine rings is 1. The van der Waals surface area contributed by atoms with Crippen LogP contribution in [0.5, 0.6) is 0 Å². The Morgan fingerprint density at radius 1 is 1.11 bits per heavy atom. The van der Waals surface area contributed by atoms with Gasteiger partial charge in [-0.1, -0.05) is 51.5 Å². The first-order valence-corrected chi connectivity index (χ1v) is 10.4. The Morgan fingerprint density at radius 2 is 1.74 bits per heavy atom. The van der Waals surface area contributed by atoms with Crippen LogP contribution in [0.25, 0.3) is 0 Å². The Bertz CT molecular complexity index is 630. The lowest BCUT2D eigenvalue weighted by Gasteiger charge is -2.44. The van der Waals surface area contributed by atoms with Crippen molar-refractivity contribution in [2.45, 2.75) is 63.7 Å². The summed E-state index contributed by atoms with van der Waals surface area (Å²) in [6, 6.07) is 9.08. The van der Waals surface area contributed by atoms with Gasteiger partial charge in [-0.25, -0.2) is 0 Å². The van der Waals surface area contributed by atoms with Crippen molar-refractivity contribution in [2.24, 2.45) is 5.41 Å². The van der Waals surface area contributed by atoms with E-state index < -0.39 is 0 Å². The molecule has 0 radical (unpaired) electrons. The van der Waals surface area contributed by atoms with E-state index in [1.165, 1.54) is 17.5 Å². The van der Waals surface area contributed by atoms with Gasteiger partial charge in [-0.15, -0.1) is 0 Å². The fourth-order valence-electron chi connectivity index (χ4n) is 4.55. The molecule has 1 aromatic rings. The number of benzene rings is 1. The minimum absolute atomic E-state index is 0.104. The molecule has 27 heavy (non-hydrogen) atoms. The van der Waals surface area contributed by atoms with Crippen molar-refractivity contribution in [3.8, 4) is 0 Å². The molecular formula is C23H36N2O2. The third-order valence-corrected chi connectivity index (χ3v) is 6.72. The third-order valence-electron chi connectivity index (χ3n) is 6.72. The van der Waals surface area contributed by atoms with E-state index in [1.54, 1.807) is 7.11 Å². The second-order valence-electron chi connectivity index (χ2n) is 9.61. The van der Waals surface area contributed by atoms with E-state index in [2.05, 4.69) is 55.7 Å². The van der Waals surface area contributed by atoms with Crippen LogP contribution in [0, 0.1) is 5.41 Å². The third kappa shape index (κ3) is 4.22. The van der Waals surface area contributed by atoms with Crippen LogP contribution in [-0.2, 0) is 20.4 Å². The van der Waals surface area contributed by atoms with Gasteiger partial charge in [-0.2, -0.15) is 0 Å². The molecule has 2 fully saturated rings. The predicted octanol–water partition coefficient (Wildman–Crippen LogP) is 3.54. The molecule has 0 unspecified atom stereocenters. The average molecular weight is 373 g/mol. The van der Waals surface area contributed by atoms with E-state index in [0.717, 1.165) is 45.3 Å². The molecule has 0 spiro atoms. The number of carbonyl (C=O) groups excluding carboxylic acids is 1. The van der Waals surface area contributed by atoms with Gasteiger partial charge in [0.15, 0.2) is 0 Å². The highest BCUT2D eigenvalue weighted by Crippen LogP contribution is 2.44. The van der Waals surface area contributed by atoms with Crippen LogP contribution in [0.2, 0.25) is 0 Å². The zero-order chi connectivity index (χ0) is 19.5. The first-order chi connectivity index (χ1) is 12.8. The number of ether oxygens (including phenoxy) is 1. The van der Waals surface area contributed by atoms with E-state index in [-0.39, 0.29) is 22.2 Å². The first kappa shape index (κ1) is 20.3. The molecule has 3 rings (SSSR count). The van der Waals surface area contributed by atoms with Crippen molar-refractivity contribution in [3.05, 3.63) is 35.4 Å². The fourth-order valence-corrected chi connectivity index (χ4v) is 4.55. The van der Waals surface area contributed by atoms with Crippen molar-refractivity contribution < 1.29 is 9.53 Å². The molecule has 4 heteroatoms. The lowest BCUT2D eigenvalue weighted by atomic mass is 9.64. The highest BCUT2D eigenvalue weighted by Gasteiger charge is 2.43. The van der Waals surface area contributed by atoms with Crippen LogP contribution < -0.4 is 10.6 Å². The minimum Gasteiger partial charge on any atom is -0.384 e. The summed E-state index contributed by atoms with van der Waals surface area (Å²) in [5, 5.41) is 6.67. The highest BCUT2D eigenvalue weighted by atomic mass is 16.5. The van der Waals surface area contributed by atoms with Gasteiger partial charge in [-0.3, -0.25) is 4.79 Å². The molecule has 2 aliphatic rings. The van der Waals surface area contributed by atoms with Crippen LogP contribution in [0.1, 0.15) is 64.0 Å². The van der Waals surface area contributed by atoms with E-state index in [0.29, 0.717) is 6.61 Å². The van der Waals surface area contributed by atoms with Crippen LogP contribution in [0.3, 0.4) is 0 Å². The monoisotopic (exact) mass is 372 g/mol. The summed E-state index contributed by atoms with van der Waals surface area (Å²) < 4.78 is 5.42. The van der Waals surface area contributed by atoms with Crippen LogP contribution in [0.15, 0.2) is 24.3 Å². The standard InChI is InChI=1S/C23H36N2O2/c1-21(2,3)18-6-8-19(9-7-18)22(10-5-11-22)16-25-20(26)23(17-27-4)12-14-24-15-13-23/h6-9,24H,5,10-17H2,1-4H3,(H,25,26). The van der Waals surface area contributed by atoms with Crippen molar-refractivity contribution >= 4 is 5.91 Å². The lowest BCUT2D eigenvalue weighted by Crippen LogP contribution is -2.54. The Morgan fingerprint density at radius 3 is 2.22 bits per heavy atom. The summed E-state index contributed by atoms with van der Waals surface area (Å²) in [5.41, 5.74) is 2.63. The summed E-state index contributed by atoms with van der Waals surface area (Å²) in [7, 11) is 1.70. The predicted molar refractivity (Wildman–Crippen MR) is 110 cm³/mol. The molecule has 1 aliphatic heterocycles. The topological polar surface area (TPSA) is 50.4 Å². The SMILES string of the molecule is COCC1(C(=O)NCC2(c3ccc(C(C)(C)C)cc3)CCC2)CCNCC1. The second kappa shape index (κ2) is 7.92. The summed E-state index contributed by atoms with van der Waals surface area (Å²) in [5.74, 6) is 0.170. The van der Waals surface area contributed by atoms with Crippen molar-refractivity contribution in [1.29, 1.82) is 0 Å². The molecule has 1 heterocycles. The molecular weight excluding hydrogens is 336 g/mol. The average Bonchev–Trinajstić information content (AvgIpc) is 2.61. The smallest absolute Gasteiger partial charge is 0.228 e. The van der Waals surface area contributed by atoms with E-state index >= 15 is 0 Å². The van der Waals surface area contributed by atoms with Crippen LogP contribution >= 0.6 is 0 Å². The van der Waals surface area contributed by atoms with Crippen molar-refractivity contribution in [1.82, 2.24) is 10.6 Å². The van der Waals surface area contributed by atoms with Gasteiger partial charge in [0.2, 0.25) is 5.91 Å². The molecule has 1 aromatic carbocycles. The molecule has 0 atom stereocenters. The zero-order valence-electron chi connectivity index (χ0n) is 17.5. The molecule has 150 valence electrons. The quantitative estimate of drug-likeness (QED) is 0.803. The maximum atomic E-state index is 13.1. The lowest BCUT2D eigenvalue weighted by molar-refractivity contribution is -0.136. The van der Waals surface area contributed by atoms with Gasteiger partial charge in [0, 0.05) is 19.1 Å². The van der Waals surface area contributed by atoms with E-state index in [1.807, 2.05) is 0 Å². The molecule has 1 aliphatic carbocycles. The maximum absolute atomic E-state index is 13.1. The molecule has 0 bridgehead atoms. The Balaban J connectivity index is 1.70. The molecule has 0 aromatic heterocycles. The van der Waals surface area contributed by atoms with Crippen molar-refractivity contribution in [2.75, 3.05) is 33.4 Å². The summed E-state index contributed by atoms with van der Waals surface area (Å²) in [6.07, 6.45) is 5.24. The van der Waals surface area contributed by atoms with E-state index in [9.17, 15) is 4.79 Å². The summed E-state index contributed by atoms with van der Waals surface area (Å²) in [6.45, 7) is 9.75. The molecule has 4 nitrogen and oxygen atoms in total. The van der Waals surface area contributed by atoms with Gasteiger partial charge in [0.25, 0.3) is 0 Å². The van der Waals surface area contributed by atoms with Gasteiger partial charge in [0.1, 0.15) is 0 Å². The van der Waals surface area contributed by atoms with Gasteiger partial charge >= 0.3 is 0 Å². The number of hydrogen-bond acceptors (Lipinski definition) is 3. The molecule has 1 saturated heterocycles. The molecule has 1 amide bonds. The second-order valence-corrected chi connectivity index (χ2v) is 9.61. The number of nitrogens with one attached hydrogen (secondary N) is 2. The zero-order valence-corrected chi connectivity index (χ0v) is 17.5. The summed E-state index contributed by atoms with van der Waals surface area (Å²) in [4.78, 5) is 13.1. The van der Waals surface area contributed by atoms with E-state index in [4.69, 9.17) is 4.74 Å². The number of rotatable bonds is 6. The molecule has 1 saturated carbocycles. The highest BCUT2D eigenvalue weighted by molar-refractivity contribution is 5.83. The minimum atomic E-state index is -0.374. The number of amides is 1.